The number of aromatic nitrogens is 2. The summed E-state index contributed by atoms with van der Waals surface area (Å²) in [6, 6.07) is 0.352. The van der Waals surface area contributed by atoms with Crippen LogP contribution in [0.1, 0.15) is 43.3 Å². The Hall–Kier alpha value is -0.870. The summed E-state index contributed by atoms with van der Waals surface area (Å²) in [6.45, 7) is 11.0. The van der Waals surface area contributed by atoms with E-state index in [0.717, 1.165) is 31.9 Å². The molecule has 0 aliphatic carbocycles. The first kappa shape index (κ1) is 14.2. The maximum absolute atomic E-state index is 5.32. The lowest BCUT2D eigenvalue weighted by Gasteiger charge is -2.14. The normalized spacial score (nSPS) is 13.0. The summed E-state index contributed by atoms with van der Waals surface area (Å²) in [7, 11) is 1.99. The molecule has 1 heterocycles. The third-order valence-electron chi connectivity index (χ3n) is 3.12. The molecule has 0 spiro atoms. The monoisotopic (exact) mass is 239 g/mol. The molecule has 4 heteroatoms. The molecule has 4 nitrogen and oxygen atoms in total. The van der Waals surface area contributed by atoms with Gasteiger partial charge in [0.25, 0.3) is 0 Å². The van der Waals surface area contributed by atoms with Gasteiger partial charge in [-0.1, -0.05) is 0 Å². The Labute approximate surface area is 104 Å². The van der Waals surface area contributed by atoms with Crippen molar-refractivity contribution in [1.29, 1.82) is 0 Å². The molecule has 0 fully saturated rings. The van der Waals surface area contributed by atoms with Crippen LogP contribution in [0.5, 0.6) is 0 Å². The molecule has 0 saturated heterocycles. The zero-order valence-corrected chi connectivity index (χ0v) is 11.7. The molecule has 0 bridgehead atoms. The first-order valence-electron chi connectivity index (χ1n) is 6.39. The molecule has 0 aromatic carbocycles. The lowest BCUT2D eigenvalue weighted by Crippen LogP contribution is -2.22. The Morgan fingerprint density at radius 3 is 2.65 bits per heavy atom. The van der Waals surface area contributed by atoms with Gasteiger partial charge >= 0.3 is 0 Å². The molecule has 0 radical (unpaired) electrons. The van der Waals surface area contributed by atoms with E-state index in [1.165, 1.54) is 11.3 Å². The van der Waals surface area contributed by atoms with Crippen molar-refractivity contribution in [3.05, 3.63) is 17.0 Å². The molecule has 1 unspecified atom stereocenters. The van der Waals surface area contributed by atoms with Crippen LogP contribution in [0, 0.1) is 13.8 Å². The van der Waals surface area contributed by atoms with Gasteiger partial charge < -0.3 is 10.1 Å². The average Bonchev–Trinajstić information content (AvgIpc) is 2.53. The van der Waals surface area contributed by atoms with Gasteiger partial charge in [-0.05, 0) is 40.7 Å². The summed E-state index contributed by atoms with van der Waals surface area (Å²) < 4.78 is 7.26. The van der Waals surface area contributed by atoms with Gasteiger partial charge in [-0.2, -0.15) is 5.10 Å². The van der Waals surface area contributed by atoms with Gasteiger partial charge in [-0.15, -0.1) is 0 Å². The summed E-state index contributed by atoms with van der Waals surface area (Å²) in [5, 5.41) is 7.96. The minimum atomic E-state index is 0.352. The van der Waals surface area contributed by atoms with Gasteiger partial charge in [0.05, 0.1) is 5.69 Å². The van der Waals surface area contributed by atoms with E-state index in [2.05, 4.69) is 31.2 Å². The van der Waals surface area contributed by atoms with E-state index in [-0.39, 0.29) is 0 Å². The Balaban J connectivity index is 2.44. The van der Waals surface area contributed by atoms with Crippen molar-refractivity contribution >= 4 is 0 Å². The van der Waals surface area contributed by atoms with Crippen molar-refractivity contribution in [3.8, 4) is 0 Å². The molecule has 1 rings (SSSR count). The molecular weight excluding hydrogens is 214 g/mol. The smallest absolute Gasteiger partial charge is 0.0644 e. The van der Waals surface area contributed by atoms with E-state index in [0.29, 0.717) is 6.04 Å². The largest absolute Gasteiger partial charge is 0.382 e. The van der Waals surface area contributed by atoms with Gasteiger partial charge in [0.2, 0.25) is 0 Å². The molecule has 98 valence electrons. The Morgan fingerprint density at radius 2 is 2.12 bits per heavy atom. The molecule has 1 N–H and O–H groups in total. The number of hydrogen-bond donors (Lipinski definition) is 1. The zero-order valence-electron chi connectivity index (χ0n) is 11.7. The van der Waals surface area contributed by atoms with Gasteiger partial charge in [0.15, 0.2) is 0 Å². The van der Waals surface area contributed by atoms with Crippen molar-refractivity contribution in [3.63, 3.8) is 0 Å². The van der Waals surface area contributed by atoms with Crippen molar-refractivity contribution < 1.29 is 4.74 Å². The predicted octanol–water partition coefficient (Wildman–Crippen LogP) is 2.11. The van der Waals surface area contributed by atoms with Gasteiger partial charge in [-0.25, -0.2) is 0 Å². The highest BCUT2D eigenvalue weighted by atomic mass is 16.5. The van der Waals surface area contributed by atoms with Crippen LogP contribution in [0.25, 0.3) is 0 Å². The van der Waals surface area contributed by atoms with E-state index in [1.54, 1.807) is 0 Å². The fourth-order valence-corrected chi connectivity index (χ4v) is 2.16. The Kier molecular flexibility index (Phi) is 5.65. The second-order valence-corrected chi connectivity index (χ2v) is 4.43. The minimum Gasteiger partial charge on any atom is -0.382 e. The topological polar surface area (TPSA) is 39.1 Å². The highest BCUT2D eigenvalue weighted by Gasteiger charge is 2.15. The van der Waals surface area contributed by atoms with Crippen LogP contribution in [0.4, 0.5) is 0 Å². The molecule has 1 atom stereocenters. The summed E-state index contributed by atoms with van der Waals surface area (Å²) >= 11 is 0. The quantitative estimate of drug-likeness (QED) is 0.741. The summed E-state index contributed by atoms with van der Waals surface area (Å²) in [4.78, 5) is 0. The second-order valence-electron chi connectivity index (χ2n) is 4.43. The number of aryl methyl sites for hydroxylation is 2. The fraction of sp³-hybridized carbons (Fsp3) is 0.769. The molecule has 0 amide bonds. The lowest BCUT2D eigenvalue weighted by molar-refractivity contribution is 0.144. The highest BCUT2D eigenvalue weighted by molar-refractivity contribution is 5.27. The van der Waals surface area contributed by atoms with Crippen LogP contribution >= 0.6 is 0 Å². The number of hydrogen-bond acceptors (Lipinski definition) is 3. The maximum Gasteiger partial charge on any atom is 0.0644 e. The minimum absolute atomic E-state index is 0.352. The summed E-state index contributed by atoms with van der Waals surface area (Å²) in [6.07, 6.45) is 1.05. The van der Waals surface area contributed by atoms with E-state index >= 15 is 0 Å². The first-order valence-corrected chi connectivity index (χ1v) is 6.39. The van der Waals surface area contributed by atoms with Crippen LogP contribution in [-0.2, 0) is 11.8 Å². The standard InChI is InChI=1S/C13H25N3O/c1-6-17-9-7-8-14-10(2)13-11(3)15-16(5)12(13)4/h10,14H,6-9H2,1-5H3. The fourth-order valence-electron chi connectivity index (χ4n) is 2.16. The summed E-state index contributed by atoms with van der Waals surface area (Å²) in [5.74, 6) is 0. The number of rotatable bonds is 7. The SMILES string of the molecule is CCOCCCNC(C)c1c(C)nn(C)c1C. The van der Waals surface area contributed by atoms with E-state index in [1.807, 2.05) is 18.7 Å². The number of nitrogens with zero attached hydrogens (tertiary/aromatic N) is 2. The van der Waals surface area contributed by atoms with Crippen molar-refractivity contribution in [2.45, 2.75) is 40.2 Å². The average molecular weight is 239 g/mol. The third kappa shape index (κ3) is 3.82. The second kappa shape index (κ2) is 6.77. The highest BCUT2D eigenvalue weighted by Crippen LogP contribution is 2.20. The van der Waals surface area contributed by atoms with Crippen LogP contribution in [-0.4, -0.2) is 29.5 Å². The molecule has 0 aliphatic heterocycles. The zero-order chi connectivity index (χ0) is 12.8. The van der Waals surface area contributed by atoms with Crippen molar-refractivity contribution in [1.82, 2.24) is 15.1 Å². The van der Waals surface area contributed by atoms with Crippen LogP contribution in [0.2, 0.25) is 0 Å². The van der Waals surface area contributed by atoms with Crippen molar-refractivity contribution in [2.75, 3.05) is 19.8 Å². The van der Waals surface area contributed by atoms with Crippen molar-refractivity contribution in [2.24, 2.45) is 7.05 Å². The predicted molar refractivity (Wildman–Crippen MR) is 70.2 cm³/mol. The molecular formula is C13H25N3O. The van der Waals surface area contributed by atoms with Gasteiger partial charge in [0.1, 0.15) is 0 Å². The van der Waals surface area contributed by atoms with Crippen LogP contribution in [0.3, 0.4) is 0 Å². The first-order chi connectivity index (χ1) is 8.07. The number of ether oxygens (including phenoxy) is 1. The maximum atomic E-state index is 5.32. The van der Waals surface area contributed by atoms with E-state index < -0.39 is 0 Å². The van der Waals surface area contributed by atoms with Gasteiger partial charge in [0, 0.05) is 37.6 Å². The Bertz CT molecular complexity index is 347. The molecule has 17 heavy (non-hydrogen) atoms. The molecule has 0 aliphatic rings. The van der Waals surface area contributed by atoms with E-state index in [9.17, 15) is 0 Å². The molecule has 0 saturated carbocycles. The van der Waals surface area contributed by atoms with Gasteiger partial charge in [-0.3, -0.25) is 4.68 Å². The number of nitrogens with one attached hydrogen (secondary N) is 1. The Morgan fingerprint density at radius 1 is 1.41 bits per heavy atom. The third-order valence-corrected chi connectivity index (χ3v) is 3.12. The summed E-state index contributed by atoms with van der Waals surface area (Å²) in [5.41, 5.74) is 3.69. The molecule has 1 aromatic rings. The van der Waals surface area contributed by atoms with Crippen LogP contribution in [0.15, 0.2) is 0 Å². The molecule has 1 aromatic heterocycles. The van der Waals surface area contributed by atoms with Crippen LogP contribution < -0.4 is 5.32 Å². The lowest BCUT2D eigenvalue weighted by atomic mass is 10.1. The van der Waals surface area contributed by atoms with E-state index in [4.69, 9.17) is 4.74 Å².